The highest BCUT2D eigenvalue weighted by atomic mass is 15.2. The Bertz CT molecular complexity index is 667. The zero-order valence-corrected chi connectivity index (χ0v) is 13.0. The molecule has 0 spiro atoms. The van der Waals surface area contributed by atoms with E-state index in [4.69, 9.17) is 4.98 Å². The van der Waals surface area contributed by atoms with E-state index >= 15 is 0 Å². The number of hydrogen-bond donors (Lipinski definition) is 0. The van der Waals surface area contributed by atoms with Crippen molar-refractivity contribution < 1.29 is 0 Å². The van der Waals surface area contributed by atoms with Crippen molar-refractivity contribution in [1.29, 1.82) is 0 Å². The lowest BCUT2D eigenvalue weighted by Crippen LogP contribution is -2.30. The van der Waals surface area contributed by atoms with Crippen molar-refractivity contribution in [3.8, 4) is 0 Å². The lowest BCUT2D eigenvalue weighted by atomic mass is 10.1. The van der Waals surface area contributed by atoms with E-state index in [-0.39, 0.29) is 0 Å². The van der Waals surface area contributed by atoms with Gasteiger partial charge in [0.25, 0.3) is 0 Å². The molecule has 0 saturated carbocycles. The van der Waals surface area contributed by atoms with Crippen LogP contribution in [0, 0.1) is 0 Å². The third-order valence-corrected chi connectivity index (χ3v) is 4.13. The fourth-order valence-corrected chi connectivity index (χ4v) is 3.05. The molecule has 116 valence electrons. The molecule has 0 atom stereocenters. The quantitative estimate of drug-likeness (QED) is 0.769. The molecular formula is C17H23N5. The van der Waals surface area contributed by atoms with Crippen molar-refractivity contribution in [3.63, 3.8) is 0 Å². The van der Waals surface area contributed by atoms with Gasteiger partial charge in [0, 0.05) is 26.1 Å². The van der Waals surface area contributed by atoms with Crippen LogP contribution in [-0.4, -0.2) is 32.6 Å². The SMILES string of the molecule is C=CCCn1c(CC=C)nc2c(N3CCCCC3)ncnc21. The van der Waals surface area contributed by atoms with E-state index in [1.807, 2.05) is 12.2 Å². The summed E-state index contributed by atoms with van der Waals surface area (Å²) in [6.07, 6.45) is 10.9. The first kappa shape index (κ1) is 14.8. The molecule has 1 aliphatic rings. The first-order chi connectivity index (χ1) is 10.8. The van der Waals surface area contributed by atoms with Crippen LogP contribution in [0.15, 0.2) is 31.6 Å². The maximum absolute atomic E-state index is 4.82. The number of anilines is 1. The van der Waals surface area contributed by atoms with Crippen LogP contribution in [0.2, 0.25) is 0 Å². The van der Waals surface area contributed by atoms with Gasteiger partial charge in [-0.3, -0.25) is 0 Å². The molecule has 5 heteroatoms. The summed E-state index contributed by atoms with van der Waals surface area (Å²) < 4.78 is 2.17. The normalized spacial score (nSPS) is 15.2. The molecule has 0 bridgehead atoms. The number of imidazole rings is 1. The largest absolute Gasteiger partial charge is 0.355 e. The number of rotatable bonds is 6. The molecule has 5 nitrogen and oxygen atoms in total. The third-order valence-electron chi connectivity index (χ3n) is 4.13. The summed E-state index contributed by atoms with van der Waals surface area (Å²) >= 11 is 0. The molecule has 1 aliphatic heterocycles. The van der Waals surface area contributed by atoms with Gasteiger partial charge in [-0.1, -0.05) is 12.2 Å². The third kappa shape index (κ3) is 2.75. The van der Waals surface area contributed by atoms with E-state index in [0.29, 0.717) is 0 Å². The Morgan fingerprint density at radius 3 is 2.64 bits per heavy atom. The van der Waals surface area contributed by atoms with E-state index in [0.717, 1.165) is 55.3 Å². The van der Waals surface area contributed by atoms with Gasteiger partial charge in [0.15, 0.2) is 17.0 Å². The Morgan fingerprint density at radius 2 is 1.91 bits per heavy atom. The molecule has 1 saturated heterocycles. The van der Waals surface area contributed by atoms with Gasteiger partial charge in [0.05, 0.1) is 0 Å². The zero-order chi connectivity index (χ0) is 15.4. The number of piperidine rings is 1. The summed E-state index contributed by atoms with van der Waals surface area (Å²) in [6, 6.07) is 0. The summed E-state index contributed by atoms with van der Waals surface area (Å²) in [6.45, 7) is 10.6. The molecule has 0 aromatic carbocycles. The van der Waals surface area contributed by atoms with Gasteiger partial charge in [0.2, 0.25) is 0 Å². The van der Waals surface area contributed by atoms with Gasteiger partial charge in [-0.2, -0.15) is 0 Å². The average Bonchev–Trinajstić information content (AvgIpc) is 2.91. The van der Waals surface area contributed by atoms with Gasteiger partial charge < -0.3 is 9.47 Å². The molecule has 2 aromatic heterocycles. The summed E-state index contributed by atoms with van der Waals surface area (Å²) in [5.41, 5.74) is 1.85. The molecule has 1 fully saturated rings. The minimum Gasteiger partial charge on any atom is -0.355 e. The monoisotopic (exact) mass is 297 g/mol. The van der Waals surface area contributed by atoms with Crippen LogP contribution in [0.3, 0.4) is 0 Å². The molecule has 0 unspecified atom stereocenters. The van der Waals surface area contributed by atoms with E-state index < -0.39 is 0 Å². The highest BCUT2D eigenvalue weighted by Crippen LogP contribution is 2.26. The molecule has 0 aliphatic carbocycles. The fourth-order valence-electron chi connectivity index (χ4n) is 3.05. The molecule has 3 rings (SSSR count). The fraction of sp³-hybridized carbons (Fsp3) is 0.471. The number of allylic oxidation sites excluding steroid dienone is 2. The van der Waals surface area contributed by atoms with Crippen LogP contribution in [0.5, 0.6) is 0 Å². The molecular weight excluding hydrogens is 274 g/mol. The maximum Gasteiger partial charge on any atom is 0.165 e. The van der Waals surface area contributed by atoms with Crippen molar-refractivity contribution in [2.24, 2.45) is 0 Å². The first-order valence-corrected chi connectivity index (χ1v) is 8.02. The first-order valence-electron chi connectivity index (χ1n) is 8.02. The Balaban J connectivity index is 2.06. The maximum atomic E-state index is 4.82. The van der Waals surface area contributed by atoms with Crippen molar-refractivity contribution in [2.45, 2.75) is 38.6 Å². The van der Waals surface area contributed by atoms with E-state index in [2.05, 4.69) is 32.6 Å². The summed E-state index contributed by atoms with van der Waals surface area (Å²) in [4.78, 5) is 16.2. The van der Waals surface area contributed by atoms with E-state index in [1.54, 1.807) is 6.33 Å². The van der Waals surface area contributed by atoms with Crippen molar-refractivity contribution in [3.05, 3.63) is 37.5 Å². The molecule has 0 amide bonds. The van der Waals surface area contributed by atoms with Crippen molar-refractivity contribution >= 4 is 17.0 Å². The van der Waals surface area contributed by atoms with Crippen molar-refractivity contribution in [2.75, 3.05) is 18.0 Å². The number of hydrogen-bond acceptors (Lipinski definition) is 4. The Kier molecular flexibility index (Phi) is 4.51. The van der Waals surface area contributed by atoms with Gasteiger partial charge in [0.1, 0.15) is 12.2 Å². The standard InChI is InChI=1S/C17H23N5/c1-3-5-12-22-14(9-4-2)20-15-16(18-13-19-17(15)22)21-10-7-6-8-11-21/h3-4,13H,1-2,5-12H2. The van der Waals surface area contributed by atoms with Crippen LogP contribution in [0.25, 0.3) is 11.2 Å². The highest BCUT2D eigenvalue weighted by Gasteiger charge is 2.20. The number of aromatic nitrogens is 4. The second-order valence-electron chi connectivity index (χ2n) is 5.67. The second-order valence-corrected chi connectivity index (χ2v) is 5.67. The van der Waals surface area contributed by atoms with Crippen LogP contribution >= 0.6 is 0 Å². The van der Waals surface area contributed by atoms with Gasteiger partial charge >= 0.3 is 0 Å². The molecule has 2 aromatic rings. The molecule has 0 N–H and O–H groups in total. The van der Waals surface area contributed by atoms with Gasteiger partial charge in [-0.15, -0.1) is 13.2 Å². The lowest BCUT2D eigenvalue weighted by Gasteiger charge is -2.27. The van der Waals surface area contributed by atoms with Gasteiger partial charge in [-0.25, -0.2) is 15.0 Å². The predicted octanol–water partition coefficient (Wildman–Crippen LogP) is 3.12. The number of nitrogens with zero attached hydrogens (tertiary/aromatic N) is 5. The van der Waals surface area contributed by atoms with Crippen LogP contribution in [0.4, 0.5) is 5.82 Å². The van der Waals surface area contributed by atoms with E-state index in [1.165, 1.54) is 19.3 Å². The average molecular weight is 297 g/mol. The Morgan fingerprint density at radius 1 is 1.09 bits per heavy atom. The number of fused-ring (bicyclic) bond motifs is 1. The topological polar surface area (TPSA) is 46.8 Å². The van der Waals surface area contributed by atoms with E-state index in [9.17, 15) is 0 Å². The lowest BCUT2D eigenvalue weighted by molar-refractivity contribution is 0.574. The number of aryl methyl sites for hydroxylation is 1. The highest BCUT2D eigenvalue weighted by molar-refractivity contribution is 5.84. The molecule has 3 heterocycles. The predicted molar refractivity (Wildman–Crippen MR) is 90.1 cm³/mol. The second kappa shape index (κ2) is 6.73. The molecule has 22 heavy (non-hydrogen) atoms. The Labute approximate surface area is 131 Å². The minimum absolute atomic E-state index is 0.743. The van der Waals surface area contributed by atoms with Crippen LogP contribution < -0.4 is 4.90 Å². The van der Waals surface area contributed by atoms with Gasteiger partial charge in [-0.05, 0) is 25.7 Å². The zero-order valence-electron chi connectivity index (χ0n) is 13.0. The summed E-state index contributed by atoms with van der Waals surface area (Å²) in [5, 5.41) is 0. The molecule has 0 radical (unpaired) electrons. The smallest absolute Gasteiger partial charge is 0.165 e. The minimum atomic E-state index is 0.743. The van der Waals surface area contributed by atoms with Crippen LogP contribution in [-0.2, 0) is 13.0 Å². The summed E-state index contributed by atoms with van der Waals surface area (Å²) in [5.74, 6) is 1.98. The Hall–Kier alpha value is -2.17. The van der Waals surface area contributed by atoms with Crippen molar-refractivity contribution in [1.82, 2.24) is 19.5 Å². The summed E-state index contributed by atoms with van der Waals surface area (Å²) in [7, 11) is 0. The van der Waals surface area contributed by atoms with Crippen LogP contribution in [0.1, 0.15) is 31.5 Å².